The van der Waals surface area contributed by atoms with Gasteiger partial charge < -0.3 is 14.4 Å². The molecule has 2 fully saturated rings. The maximum atomic E-state index is 13.3. The lowest BCUT2D eigenvalue weighted by atomic mass is 9.73. The van der Waals surface area contributed by atoms with Crippen LogP contribution in [0.3, 0.4) is 0 Å². The van der Waals surface area contributed by atoms with Crippen LogP contribution in [0.5, 0.6) is 0 Å². The van der Waals surface area contributed by atoms with E-state index in [1.165, 1.54) is 30.4 Å². The summed E-state index contributed by atoms with van der Waals surface area (Å²) >= 11 is 6.72. The van der Waals surface area contributed by atoms with Gasteiger partial charge in [-0.1, -0.05) is 41.9 Å². The van der Waals surface area contributed by atoms with Gasteiger partial charge in [0.2, 0.25) is 5.91 Å². The van der Waals surface area contributed by atoms with E-state index in [9.17, 15) is 18.0 Å². The number of halogens is 4. The third kappa shape index (κ3) is 5.78. The zero-order chi connectivity index (χ0) is 26.8. The maximum absolute atomic E-state index is 13.3. The summed E-state index contributed by atoms with van der Waals surface area (Å²) < 4.78 is 51.7. The molecule has 1 amide bonds. The number of hydrogen-bond donors (Lipinski definition) is 0. The lowest BCUT2D eigenvalue weighted by molar-refractivity contribution is -0.137. The van der Waals surface area contributed by atoms with Gasteiger partial charge in [-0.3, -0.25) is 9.69 Å². The van der Waals surface area contributed by atoms with Crippen LogP contribution in [0.1, 0.15) is 47.6 Å². The lowest BCUT2D eigenvalue weighted by Gasteiger charge is -2.40. The zero-order valence-corrected chi connectivity index (χ0v) is 21.9. The van der Waals surface area contributed by atoms with Gasteiger partial charge in [0.05, 0.1) is 31.5 Å². The number of alkyl halides is 3. The highest BCUT2D eigenvalue weighted by atomic mass is 35.5. The van der Waals surface area contributed by atoms with Gasteiger partial charge in [-0.25, -0.2) is 0 Å². The molecule has 9 heteroatoms. The molecule has 0 N–H and O–H groups in total. The maximum Gasteiger partial charge on any atom is 0.416 e. The number of piperidine rings is 1. The fourth-order valence-corrected chi connectivity index (χ4v) is 6.39. The molecule has 2 aromatic rings. The molecule has 3 aliphatic rings. The topological polar surface area (TPSA) is 42.0 Å². The van der Waals surface area contributed by atoms with Crippen LogP contribution in [0.25, 0.3) is 6.08 Å². The molecule has 5 rings (SSSR count). The average molecular weight is 549 g/mol. The Morgan fingerprint density at radius 1 is 1.08 bits per heavy atom. The summed E-state index contributed by atoms with van der Waals surface area (Å²) in [6.07, 6.45) is 0.248. The van der Waals surface area contributed by atoms with E-state index >= 15 is 0 Å². The van der Waals surface area contributed by atoms with Gasteiger partial charge in [-0.15, -0.1) is 0 Å². The van der Waals surface area contributed by atoms with E-state index in [-0.39, 0.29) is 23.0 Å². The largest absolute Gasteiger partial charge is 0.416 e. The van der Waals surface area contributed by atoms with Crippen molar-refractivity contribution in [2.75, 3.05) is 52.5 Å². The van der Waals surface area contributed by atoms with Gasteiger partial charge in [0, 0.05) is 49.2 Å². The highest BCUT2D eigenvalue weighted by molar-refractivity contribution is 6.31. The van der Waals surface area contributed by atoms with E-state index in [2.05, 4.69) is 11.0 Å². The first-order chi connectivity index (χ1) is 18.3. The number of likely N-dealkylation sites (tertiary alicyclic amines) is 1. The minimum Gasteiger partial charge on any atom is -0.379 e. The average Bonchev–Trinajstić information content (AvgIpc) is 3.21. The Labute approximate surface area is 226 Å². The molecule has 0 bridgehead atoms. The van der Waals surface area contributed by atoms with Crippen molar-refractivity contribution < 1.29 is 27.4 Å². The molecule has 2 aromatic carbocycles. The van der Waals surface area contributed by atoms with E-state index < -0.39 is 11.7 Å². The van der Waals surface area contributed by atoms with Crippen LogP contribution < -0.4 is 0 Å². The van der Waals surface area contributed by atoms with Gasteiger partial charge in [0.25, 0.3) is 0 Å². The van der Waals surface area contributed by atoms with Crippen molar-refractivity contribution in [3.8, 4) is 0 Å². The number of nitrogens with zero attached hydrogens (tertiary/aromatic N) is 2. The zero-order valence-electron chi connectivity index (χ0n) is 21.2. The van der Waals surface area contributed by atoms with Crippen LogP contribution in [-0.4, -0.2) is 68.3 Å². The SMILES string of the molecule is O=C(/C=C/c1ccccc1C(F)(F)F)N1CCC2(CC1)CC(OCCN1CCOCC1)c1cccc(Cl)c12. The summed E-state index contributed by atoms with van der Waals surface area (Å²) in [4.78, 5) is 17.0. The number of hydrogen-bond acceptors (Lipinski definition) is 4. The molecule has 2 saturated heterocycles. The number of amides is 1. The first-order valence-electron chi connectivity index (χ1n) is 13.1. The van der Waals surface area contributed by atoms with Gasteiger partial charge in [-0.05, 0) is 54.2 Å². The highest BCUT2D eigenvalue weighted by Gasteiger charge is 2.47. The van der Waals surface area contributed by atoms with Crippen LogP contribution in [0.15, 0.2) is 48.5 Å². The number of benzene rings is 2. The fraction of sp³-hybridized carbons (Fsp3) is 0.483. The Hall–Kier alpha value is -2.39. The summed E-state index contributed by atoms with van der Waals surface area (Å²) in [5.41, 5.74) is 1.30. The van der Waals surface area contributed by atoms with Gasteiger partial charge >= 0.3 is 6.18 Å². The van der Waals surface area contributed by atoms with Crippen LogP contribution in [0, 0.1) is 0 Å². The van der Waals surface area contributed by atoms with E-state index in [4.69, 9.17) is 21.1 Å². The minimum atomic E-state index is -4.47. The molecule has 1 spiro atoms. The van der Waals surface area contributed by atoms with E-state index in [0.29, 0.717) is 19.7 Å². The summed E-state index contributed by atoms with van der Waals surface area (Å²) in [5, 5.41) is 0.727. The number of carbonyl (C=O) groups is 1. The van der Waals surface area contributed by atoms with Crippen LogP contribution in [-0.2, 0) is 25.9 Å². The fourth-order valence-electron chi connectivity index (χ4n) is 6.01. The first kappa shape index (κ1) is 27.2. The first-order valence-corrected chi connectivity index (χ1v) is 13.5. The monoisotopic (exact) mass is 548 g/mol. The molecular formula is C29H32ClF3N2O3. The summed E-state index contributed by atoms with van der Waals surface area (Å²) in [5.74, 6) is -0.285. The third-order valence-corrected chi connectivity index (χ3v) is 8.35. The Morgan fingerprint density at radius 3 is 2.55 bits per heavy atom. The summed E-state index contributed by atoms with van der Waals surface area (Å²) in [6, 6.07) is 11.2. The van der Waals surface area contributed by atoms with Gasteiger partial charge in [0.15, 0.2) is 0 Å². The quantitative estimate of drug-likeness (QED) is 0.433. The summed E-state index contributed by atoms with van der Waals surface area (Å²) in [7, 11) is 0. The molecule has 38 heavy (non-hydrogen) atoms. The molecule has 1 aliphatic carbocycles. The van der Waals surface area contributed by atoms with Crippen molar-refractivity contribution in [2.24, 2.45) is 0 Å². The summed E-state index contributed by atoms with van der Waals surface area (Å²) in [6.45, 7) is 5.84. The second-order valence-corrected chi connectivity index (χ2v) is 10.7. The molecule has 1 unspecified atom stereocenters. The van der Waals surface area contributed by atoms with Crippen molar-refractivity contribution in [1.82, 2.24) is 9.80 Å². The molecule has 204 valence electrons. The second-order valence-electron chi connectivity index (χ2n) is 10.2. The van der Waals surface area contributed by atoms with Crippen LogP contribution >= 0.6 is 11.6 Å². The van der Waals surface area contributed by atoms with Gasteiger partial charge in [-0.2, -0.15) is 13.2 Å². The van der Waals surface area contributed by atoms with Crippen LogP contribution in [0.4, 0.5) is 13.2 Å². The van der Waals surface area contributed by atoms with Crippen molar-refractivity contribution in [3.05, 3.63) is 75.8 Å². The highest BCUT2D eigenvalue weighted by Crippen LogP contribution is 2.54. The molecular weight excluding hydrogens is 517 g/mol. The molecule has 0 saturated carbocycles. The molecule has 5 nitrogen and oxygen atoms in total. The van der Waals surface area contributed by atoms with Crippen molar-refractivity contribution in [2.45, 2.75) is 37.0 Å². The lowest BCUT2D eigenvalue weighted by Crippen LogP contribution is -2.44. The Balaban J connectivity index is 1.23. The standard InChI is InChI=1S/C29H32ClF3N2O3/c30-24-7-3-5-22-25(38-19-16-34-14-17-37-18-15-34)20-28(27(22)24)10-12-35(13-11-28)26(36)9-8-21-4-1-2-6-23(21)29(31,32)33/h1-9,25H,10-20H2/b9-8+. The van der Waals surface area contributed by atoms with Crippen molar-refractivity contribution in [1.29, 1.82) is 0 Å². The normalized spacial score (nSPS) is 21.8. The van der Waals surface area contributed by atoms with E-state index in [1.807, 2.05) is 12.1 Å². The van der Waals surface area contributed by atoms with Crippen molar-refractivity contribution >= 4 is 23.6 Å². The molecule has 0 aromatic heterocycles. The number of fused-ring (bicyclic) bond motifs is 2. The molecule has 0 radical (unpaired) electrons. The second kappa shape index (κ2) is 11.4. The Bertz CT molecular complexity index is 1170. The number of rotatable bonds is 6. The van der Waals surface area contributed by atoms with E-state index in [1.54, 1.807) is 4.90 Å². The van der Waals surface area contributed by atoms with Crippen LogP contribution in [0.2, 0.25) is 5.02 Å². The minimum absolute atomic E-state index is 0.0181. The number of ether oxygens (including phenoxy) is 2. The molecule has 2 aliphatic heterocycles. The predicted molar refractivity (Wildman–Crippen MR) is 140 cm³/mol. The Morgan fingerprint density at radius 2 is 1.82 bits per heavy atom. The van der Waals surface area contributed by atoms with Gasteiger partial charge in [0.1, 0.15) is 0 Å². The molecule has 1 atom stereocenters. The third-order valence-electron chi connectivity index (χ3n) is 8.03. The predicted octanol–water partition coefficient (Wildman–Crippen LogP) is 5.73. The van der Waals surface area contributed by atoms with Crippen molar-refractivity contribution in [3.63, 3.8) is 0 Å². The molecule has 2 heterocycles. The number of carbonyl (C=O) groups excluding carboxylic acids is 1. The smallest absolute Gasteiger partial charge is 0.379 e. The van der Waals surface area contributed by atoms with E-state index in [0.717, 1.165) is 74.3 Å². The Kier molecular flexibility index (Phi) is 8.14. The number of morpholine rings is 1.